The molecule has 0 aliphatic rings. The maximum absolute atomic E-state index is 12.9. The first kappa shape index (κ1) is 19.9. The molecule has 2 heterocycles. The summed E-state index contributed by atoms with van der Waals surface area (Å²) in [5.41, 5.74) is 6.85. The van der Waals surface area contributed by atoms with E-state index in [-0.39, 0.29) is 30.3 Å². The minimum absolute atomic E-state index is 0.177. The highest BCUT2D eigenvalue weighted by atomic mass is 32.2. The Kier molecular flexibility index (Phi) is 5.67. The number of aromatic nitrogens is 2. The number of nitrogens with two attached hydrogens (primary N) is 1. The van der Waals surface area contributed by atoms with Gasteiger partial charge in [0.25, 0.3) is 11.8 Å². The van der Waals surface area contributed by atoms with E-state index in [0.29, 0.717) is 17.6 Å². The molecule has 0 radical (unpaired) electrons. The smallest absolute Gasteiger partial charge is 0.272 e. The van der Waals surface area contributed by atoms with E-state index in [9.17, 15) is 18.0 Å². The second-order valence-corrected chi connectivity index (χ2v) is 8.00. The lowest BCUT2D eigenvalue weighted by Crippen LogP contribution is -2.39. The molecule has 0 aromatic carbocycles. The van der Waals surface area contributed by atoms with Crippen LogP contribution in [0, 0.1) is 6.92 Å². The van der Waals surface area contributed by atoms with Crippen LogP contribution in [0.5, 0.6) is 0 Å². The summed E-state index contributed by atoms with van der Waals surface area (Å²) in [4.78, 5) is 26.1. The summed E-state index contributed by atoms with van der Waals surface area (Å²) in [5.74, 6) is -1.00. The van der Waals surface area contributed by atoms with Crippen LogP contribution in [0.15, 0.2) is 18.3 Å². The summed E-state index contributed by atoms with van der Waals surface area (Å²) in [7, 11) is -1.76. The number of rotatable bonds is 7. The van der Waals surface area contributed by atoms with Crippen LogP contribution in [0.3, 0.4) is 0 Å². The third kappa shape index (κ3) is 3.70. The first-order valence-corrected chi connectivity index (χ1v) is 9.91. The number of carbonyl (C=O) groups is 2. The molecule has 0 fully saturated rings. The van der Waals surface area contributed by atoms with Gasteiger partial charge in [0.1, 0.15) is 5.69 Å². The highest BCUT2D eigenvalue weighted by Gasteiger charge is 2.26. The number of likely N-dealkylation sites (N-methyl/N-ethyl adjacent to an activating group) is 2. The van der Waals surface area contributed by atoms with Crippen LogP contribution >= 0.6 is 0 Å². The maximum atomic E-state index is 12.9. The van der Waals surface area contributed by atoms with Crippen molar-refractivity contribution in [2.45, 2.75) is 13.8 Å². The molecule has 0 saturated heterocycles. The van der Waals surface area contributed by atoms with Gasteiger partial charge in [0, 0.05) is 32.9 Å². The Morgan fingerprint density at radius 2 is 1.96 bits per heavy atom. The SMILES string of the molecule is CCN(CCN(C)C(=O)c1c(C)c(C(N)=O)c2cccnn12)S(C)(=O)=O. The summed E-state index contributed by atoms with van der Waals surface area (Å²) < 4.78 is 26.0. The van der Waals surface area contributed by atoms with Crippen molar-refractivity contribution < 1.29 is 18.0 Å². The van der Waals surface area contributed by atoms with Gasteiger partial charge in [-0.2, -0.15) is 5.10 Å². The van der Waals surface area contributed by atoms with Gasteiger partial charge in [-0.1, -0.05) is 6.92 Å². The normalized spacial score (nSPS) is 11.9. The quantitative estimate of drug-likeness (QED) is 0.729. The van der Waals surface area contributed by atoms with Crippen LogP contribution in [-0.2, 0) is 10.0 Å². The molecule has 0 aliphatic heterocycles. The Bertz CT molecular complexity index is 951. The Hall–Kier alpha value is -2.46. The van der Waals surface area contributed by atoms with Crippen LogP contribution < -0.4 is 5.73 Å². The summed E-state index contributed by atoms with van der Waals surface area (Å²) in [5, 5.41) is 4.15. The van der Waals surface area contributed by atoms with E-state index in [4.69, 9.17) is 5.73 Å². The highest BCUT2D eigenvalue weighted by Crippen LogP contribution is 2.22. The Morgan fingerprint density at radius 1 is 1.31 bits per heavy atom. The topological polar surface area (TPSA) is 118 Å². The van der Waals surface area contributed by atoms with Gasteiger partial charge in [0.2, 0.25) is 10.0 Å². The van der Waals surface area contributed by atoms with E-state index in [1.165, 1.54) is 19.9 Å². The molecule has 2 aromatic rings. The Balaban J connectivity index is 2.35. The predicted octanol–water partition coefficient (Wildman–Crippen LogP) is 0.0951. The third-order valence-corrected chi connectivity index (χ3v) is 5.63. The zero-order valence-corrected chi connectivity index (χ0v) is 16.1. The second kappa shape index (κ2) is 7.42. The molecule has 0 saturated carbocycles. The fraction of sp³-hybridized carbons (Fsp3) is 0.438. The van der Waals surface area contributed by atoms with E-state index >= 15 is 0 Å². The van der Waals surface area contributed by atoms with E-state index in [1.807, 2.05) is 0 Å². The number of nitrogens with zero attached hydrogens (tertiary/aromatic N) is 4. The van der Waals surface area contributed by atoms with Crippen molar-refractivity contribution in [3.63, 3.8) is 0 Å². The largest absolute Gasteiger partial charge is 0.366 e. The molecule has 0 aliphatic carbocycles. The van der Waals surface area contributed by atoms with Crippen molar-refractivity contribution in [2.24, 2.45) is 5.73 Å². The van der Waals surface area contributed by atoms with Crippen molar-refractivity contribution in [3.05, 3.63) is 35.2 Å². The lowest BCUT2D eigenvalue weighted by atomic mass is 10.1. The number of fused-ring (bicyclic) bond motifs is 1. The number of primary amides is 1. The molecular formula is C16H23N5O4S. The average molecular weight is 381 g/mol. The van der Waals surface area contributed by atoms with E-state index in [2.05, 4.69) is 5.10 Å². The molecule has 26 heavy (non-hydrogen) atoms. The average Bonchev–Trinajstić information content (AvgIpc) is 2.85. The molecule has 2 rings (SSSR count). The molecule has 2 amide bonds. The lowest BCUT2D eigenvalue weighted by molar-refractivity contribution is 0.0780. The molecule has 0 spiro atoms. The van der Waals surface area contributed by atoms with E-state index < -0.39 is 15.9 Å². The van der Waals surface area contributed by atoms with Gasteiger partial charge in [-0.3, -0.25) is 9.59 Å². The van der Waals surface area contributed by atoms with Crippen LogP contribution in [0.25, 0.3) is 5.52 Å². The summed E-state index contributed by atoms with van der Waals surface area (Å²) in [6, 6.07) is 3.32. The van der Waals surface area contributed by atoms with Crippen LogP contribution in [0.2, 0.25) is 0 Å². The maximum Gasteiger partial charge on any atom is 0.272 e. The standard InChI is InChI=1S/C16H23N5O4S/c1-5-20(26(4,24)25)10-9-19(3)16(23)14-11(2)13(15(17)22)12-7-6-8-18-21(12)14/h6-8H,5,9-10H2,1-4H3,(H2,17,22). The molecule has 0 bridgehead atoms. The second-order valence-electron chi connectivity index (χ2n) is 6.01. The van der Waals surface area contributed by atoms with Gasteiger partial charge in [-0.25, -0.2) is 17.2 Å². The van der Waals surface area contributed by atoms with E-state index in [0.717, 1.165) is 6.26 Å². The summed E-state index contributed by atoms with van der Waals surface area (Å²) in [6.07, 6.45) is 2.64. The molecular weight excluding hydrogens is 358 g/mol. The third-order valence-electron chi connectivity index (χ3n) is 4.25. The van der Waals surface area contributed by atoms with Gasteiger partial charge in [-0.05, 0) is 24.6 Å². The van der Waals surface area contributed by atoms with Crippen LogP contribution in [0.1, 0.15) is 33.3 Å². The Morgan fingerprint density at radius 3 is 2.50 bits per heavy atom. The predicted molar refractivity (Wildman–Crippen MR) is 97.5 cm³/mol. The fourth-order valence-corrected chi connectivity index (χ4v) is 3.76. The lowest BCUT2D eigenvalue weighted by Gasteiger charge is -2.23. The van der Waals surface area contributed by atoms with Crippen molar-refractivity contribution in [2.75, 3.05) is 32.9 Å². The van der Waals surface area contributed by atoms with Gasteiger partial charge >= 0.3 is 0 Å². The number of hydrogen-bond donors (Lipinski definition) is 1. The van der Waals surface area contributed by atoms with E-state index in [1.54, 1.807) is 33.0 Å². The number of carbonyl (C=O) groups excluding carboxylic acids is 2. The van der Waals surface area contributed by atoms with Gasteiger partial charge in [0.05, 0.1) is 17.3 Å². The first-order chi connectivity index (χ1) is 12.1. The van der Waals surface area contributed by atoms with Gasteiger partial charge in [-0.15, -0.1) is 0 Å². The number of hydrogen-bond acceptors (Lipinski definition) is 5. The van der Waals surface area contributed by atoms with Gasteiger partial charge in [0.15, 0.2) is 0 Å². The zero-order chi connectivity index (χ0) is 19.6. The molecule has 2 N–H and O–H groups in total. The minimum Gasteiger partial charge on any atom is -0.366 e. The molecule has 10 heteroatoms. The summed E-state index contributed by atoms with van der Waals surface area (Å²) in [6.45, 7) is 4.07. The van der Waals surface area contributed by atoms with Crippen molar-refractivity contribution in [3.8, 4) is 0 Å². The molecule has 2 aromatic heterocycles. The molecule has 0 unspecified atom stereocenters. The number of sulfonamides is 1. The van der Waals surface area contributed by atoms with Crippen LogP contribution in [-0.4, -0.2) is 72.0 Å². The Labute approximate surface area is 152 Å². The van der Waals surface area contributed by atoms with Crippen molar-refractivity contribution >= 4 is 27.4 Å². The highest BCUT2D eigenvalue weighted by molar-refractivity contribution is 7.88. The fourth-order valence-electron chi connectivity index (χ4n) is 2.87. The zero-order valence-electron chi connectivity index (χ0n) is 15.3. The number of amides is 2. The molecule has 142 valence electrons. The van der Waals surface area contributed by atoms with Crippen molar-refractivity contribution in [1.29, 1.82) is 0 Å². The summed E-state index contributed by atoms with van der Waals surface area (Å²) >= 11 is 0. The van der Waals surface area contributed by atoms with Gasteiger partial charge < -0.3 is 10.6 Å². The molecule has 0 atom stereocenters. The minimum atomic E-state index is -3.33. The molecule has 9 nitrogen and oxygen atoms in total. The van der Waals surface area contributed by atoms with Crippen LogP contribution in [0.4, 0.5) is 0 Å². The first-order valence-electron chi connectivity index (χ1n) is 8.06. The van der Waals surface area contributed by atoms with Crippen molar-refractivity contribution in [1.82, 2.24) is 18.8 Å². The monoisotopic (exact) mass is 381 g/mol.